The highest BCUT2D eigenvalue weighted by Gasteiger charge is 2.14. The van der Waals surface area contributed by atoms with Crippen LogP contribution in [0.5, 0.6) is 0 Å². The van der Waals surface area contributed by atoms with E-state index >= 15 is 0 Å². The van der Waals surface area contributed by atoms with Gasteiger partial charge in [0.1, 0.15) is 5.82 Å². The predicted molar refractivity (Wildman–Crippen MR) is 116 cm³/mol. The molecule has 2 aromatic carbocycles. The summed E-state index contributed by atoms with van der Waals surface area (Å²) in [5.41, 5.74) is 1.19. The molecule has 2 amide bonds. The first-order chi connectivity index (χ1) is 14.5. The smallest absolute Gasteiger partial charge is 0.293 e. The Morgan fingerprint density at radius 1 is 1.03 bits per heavy atom. The fraction of sp³-hybridized carbons (Fsp3) is 0. The molecule has 0 aliphatic heterocycles. The zero-order chi connectivity index (χ0) is 21.1. The molecule has 4 rings (SSSR count). The summed E-state index contributed by atoms with van der Waals surface area (Å²) in [6.07, 6.45) is 1.42. The average molecular weight is 440 g/mol. The molecule has 2 aromatic heterocycles. The van der Waals surface area contributed by atoms with Gasteiger partial charge in [0.25, 0.3) is 11.8 Å². The first-order valence-corrected chi connectivity index (χ1v) is 9.84. The Morgan fingerprint density at radius 3 is 2.63 bits per heavy atom. The molecule has 150 valence electrons. The van der Waals surface area contributed by atoms with Crippen molar-refractivity contribution in [3.05, 3.63) is 78.0 Å². The van der Waals surface area contributed by atoms with Crippen LogP contribution in [0.1, 0.15) is 20.9 Å². The van der Waals surface area contributed by atoms with Crippen LogP contribution in [0.25, 0.3) is 10.2 Å². The normalized spacial score (nSPS) is 10.6. The number of hydrogen-bond donors (Lipinski definition) is 3. The number of halogens is 1. The van der Waals surface area contributed by atoms with Crippen LogP contribution in [-0.4, -0.2) is 21.9 Å². The minimum atomic E-state index is -0.646. The van der Waals surface area contributed by atoms with Crippen molar-refractivity contribution in [2.75, 3.05) is 10.6 Å². The highest BCUT2D eigenvalue weighted by molar-refractivity contribution is 7.80. The van der Waals surface area contributed by atoms with Gasteiger partial charge in [-0.15, -0.1) is 0 Å². The Morgan fingerprint density at radius 2 is 1.87 bits per heavy atom. The lowest BCUT2D eigenvalue weighted by Gasteiger charge is -2.10. The van der Waals surface area contributed by atoms with Crippen molar-refractivity contribution >= 4 is 61.5 Å². The Bertz CT molecular complexity index is 1250. The van der Waals surface area contributed by atoms with Crippen molar-refractivity contribution in [1.29, 1.82) is 0 Å². The molecule has 4 aromatic rings. The summed E-state index contributed by atoms with van der Waals surface area (Å²) in [6.45, 7) is 0. The number of anilines is 2. The number of aromatic nitrogens is 1. The standard InChI is InChI=1S/C20H13FN4O3S2/c21-13-5-2-1-4-12(13)17(26)24-19(29)22-11-7-8-14-16(10-11)30-20(23-14)25-18(27)15-6-3-9-28-15/h1-10H,(H,23,25,27)(H2,22,24,26,29). The van der Waals surface area contributed by atoms with E-state index in [9.17, 15) is 14.0 Å². The van der Waals surface area contributed by atoms with Gasteiger partial charge in [0.2, 0.25) is 0 Å². The van der Waals surface area contributed by atoms with Crippen LogP contribution in [0.3, 0.4) is 0 Å². The number of carbonyl (C=O) groups is 2. The third-order valence-corrected chi connectivity index (χ3v) is 5.10. The molecule has 7 nitrogen and oxygen atoms in total. The molecule has 0 spiro atoms. The van der Waals surface area contributed by atoms with E-state index in [0.717, 1.165) is 4.70 Å². The summed E-state index contributed by atoms with van der Waals surface area (Å²) >= 11 is 6.41. The molecule has 0 bridgehead atoms. The number of nitrogens with one attached hydrogen (secondary N) is 3. The Balaban J connectivity index is 1.43. The van der Waals surface area contributed by atoms with E-state index in [1.54, 1.807) is 36.4 Å². The average Bonchev–Trinajstić information content (AvgIpc) is 3.37. The fourth-order valence-electron chi connectivity index (χ4n) is 2.60. The quantitative estimate of drug-likeness (QED) is 0.407. The van der Waals surface area contributed by atoms with Crippen LogP contribution < -0.4 is 16.0 Å². The highest BCUT2D eigenvalue weighted by Crippen LogP contribution is 2.28. The number of carbonyl (C=O) groups excluding carboxylic acids is 2. The summed E-state index contributed by atoms with van der Waals surface area (Å²) in [5, 5.41) is 8.44. The molecule has 3 N–H and O–H groups in total. The zero-order valence-corrected chi connectivity index (χ0v) is 16.8. The molecule has 0 saturated heterocycles. The molecular formula is C20H13FN4O3S2. The molecule has 0 unspecified atom stereocenters. The number of thiocarbonyl (C=S) groups is 1. The third kappa shape index (κ3) is 4.34. The summed E-state index contributed by atoms with van der Waals surface area (Å²) in [4.78, 5) is 28.6. The fourth-order valence-corrected chi connectivity index (χ4v) is 3.71. The number of thiazole rings is 1. The van der Waals surface area contributed by atoms with Crippen molar-refractivity contribution in [1.82, 2.24) is 10.3 Å². The zero-order valence-electron chi connectivity index (χ0n) is 15.1. The van der Waals surface area contributed by atoms with Crippen LogP contribution in [0.15, 0.2) is 65.3 Å². The van der Waals surface area contributed by atoms with Gasteiger partial charge in [0.15, 0.2) is 16.0 Å². The molecule has 0 atom stereocenters. The SMILES string of the molecule is O=C(Nc1nc2ccc(NC(=S)NC(=O)c3ccccc3F)cc2s1)c1ccco1. The largest absolute Gasteiger partial charge is 0.459 e. The molecule has 0 radical (unpaired) electrons. The van der Waals surface area contributed by atoms with Gasteiger partial charge in [-0.1, -0.05) is 23.5 Å². The summed E-state index contributed by atoms with van der Waals surface area (Å²) in [5.74, 6) is -1.48. The van der Waals surface area contributed by atoms with Gasteiger partial charge in [-0.2, -0.15) is 0 Å². The second kappa shape index (κ2) is 8.39. The topological polar surface area (TPSA) is 96.3 Å². The van der Waals surface area contributed by atoms with E-state index in [0.29, 0.717) is 16.3 Å². The van der Waals surface area contributed by atoms with E-state index < -0.39 is 17.6 Å². The molecule has 30 heavy (non-hydrogen) atoms. The van der Waals surface area contributed by atoms with E-state index in [2.05, 4.69) is 20.9 Å². The monoisotopic (exact) mass is 440 g/mol. The van der Waals surface area contributed by atoms with Crippen molar-refractivity contribution in [2.24, 2.45) is 0 Å². The van der Waals surface area contributed by atoms with Gasteiger partial charge < -0.3 is 9.73 Å². The number of rotatable bonds is 4. The lowest BCUT2D eigenvalue weighted by Crippen LogP contribution is -2.34. The van der Waals surface area contributed by atoms with Gasteiger partial charge in [0, 0.05) is 5.69 Å². The number of benzene rings is 2. The van der Waals surface area contributed by atoms with E-state index in [4.69, 9.17) is 16.6 Å². The van der Waals surface area contributed by atoms with Crippen LogP contribution in [-0.2, 0) is 0 Å². The lowest BCUT2D eigenvalue weighted by molar-refractivity contribution is 0.0971. The number of amides is 2. The van der Waals surface area contributed by atoms with Crippen molar-refractivity contribution in [2.45, 2.75) is 0 Å². The first kappa shape index (κ1) is 19.7. The second-order valence-corrected chi connectivity index (χ2v) is 7.46. The van der Waals surface area contributed by atoms with E-state index in [1.807, 2.05) is 0 Å². The molecule has 0 aliphatic carbocycles. The van der Waals surface area contributed by atoms with Crippen molar-refractivity contribution in [3.63, 3.8) is 0 Å². The maximum Gasteiger partial charge on any atom is 0.293 e. The maximum atomic E-state index is 13.7. The van der Waals surface area contributed by atoms with Crippen molar-refractivity contribution in [3.8, 4) is 0 Å². The summed E-state index contributed by atoms with van der Waals surface area (Å²) in [7, 11) is 0. The number of nitrogens with zero attached hydrogens (tertiary/aromatic N) is 1. The minimum absolute atomic E-state index is 0.0264. The molecule has 0 fully saturated rings. The molecule has 10 heteroatoms. The van der Waals surface area contributed by atoms with Crippen LogP contribution >= 0.6 is 23.6 Å². The molecule has 0 aliphatic rings. The Hall–Kier alpha value is -3.63. The first-order valence-electron chi connectivity index (χ1n) is 8.62. The van der Waals surface area contributed by atoms with E-state index in [-0.39, 0.29) is 16.4 Å². The number of furan rings is 1. The number of fused-ring (bicyclic) bond motifs is 1. The Kier molecular flexibility index (Phi) is 5.50. The molecule has 2 heterocycles. The van der Waals surface area contributed by atoms with Crippen LogP contribution in [0, 0.1) is 5.82 Å². The van der Waals surface area contributed by atoms with E-state index in [1.165, 1.54) is 35.8 Å². The van der Waals surface area contributed by atoms with Gasteiger partial charge in [0.05, 0.1) is 22.0 Å². The lowest BCUT2D eigenvalue weighted by atomic mass is 10.2. The van der Waals surface area contributed by atoms with Crippen molar-refractivity contribution < 1.29 is 18.4 Å². The van der Waals surface area contributed by atoms with Gasteiger partial charge in [-0.05, 0) is 54.7 Å². The third-order valence-electron chi connectivity index (χ3n) is 3.96. The van der Waals surface area contributed by atoms with Gasteiger partial charge >= 0.3 is 0 Å². The summed E-state index contributed by atoms with van der Waals surface area (Å²) < 4.78 is 19.6. The van der Waals surface area contributed by atoms with Crippen LogP contribution in [0.4, 0.5) is 15.2 Å². The second-order valence-electron chi connectivity index (χ2n) is 6.02. The molecule has 0 saturated carbocycles. The summed E-state index contributed by atoms with van der Waals surface area (Å²) in [6, 6.07) is 14.1. The molecular weight excluding hydrogens is 427 g/mol. The predicted octanol–water partition coefficient (Wildman–Crippen LogP) is 4.41. The highest BCUT2D eigenvalue weighted by atomic mass is 32.1. The number of hydrogen-bond acceptors (Lipinski definition) is 6. The maximum absolute atomic E-state index is 13.7. The van der Waals surface area contributed by atoms with Gasteiger partial charge in [-0.3, -0.25) is 20.2 Å². The van der Waals surface area contributed by atoms with Crippen LogP contribution in [0.2, 0.25) is 0 Å². The Labute approximate surface area is 178 Å². The van der Waals surface area contributed by atoms with Gasteiger partial charge in [-0.25, -0.2) is 9.37 Å². The minimum Gasteiger partial charge on any atom is -0.459 e.